The molecule has 1 amide bonds. The zero-order valence-corrected chi connectivity index (χ0v) is 13.9. The highest BCUT2D eigenvalue weighted by atomic mass is 19.1. The maximum atomic E-state index is 13.7. The predicted molar refractivity (Wildman–Crippen MR) is 89.9 cm³/mol. The monoisotopic (exact) mass is 328 g/mol. The van der Waals surface area contributed by atoms with E-state index in [0.29, 0.717) is 24.2 Å². The van der Waals surface area contributed by atoms with Gasteiger partial charge >= 0.3 is 0 Å². The first-order valence-electron chi connectivity index (χ1n) is 8.19. The van der Waals surface area contributed by atoms with Gasteiger partial charge in [-0.15, -0.1) is 5.10 Å². The van der Waals surface area contributed by atoms with Gasteiger partial charge in [0.1, 0.15) is 11.5 Å². The fourth-order valence-electron chi connectivity index (χ4n) is 3.15. The SMILES string of the molecule is C/C=C/c1cn(CC2CCCN2C(=O)c2cccc(F)c2C)nn1. The third kappa shape index (κ3) is 3.22. The van der Waals surface area contributed by atoms with Crippen LogP contribution < -0.4 is 0 Å². The Kier molecular flexibility index (Phi) is 4.74. The average Bonchev–Trinajstić information content (AvgIpc) is 3.20. The number of benzene rings is 1. The van der Waals surface area contributed by atoms with Gasteiger partial charge in [0.25, 0.3) is 5.91 Å². The van der Waals surface area contributed by atoms with Crippen molar-refractivity contribution in [2.45, 2.75) is 39.3 Å². The third-order valence-corrected chi connectivity index (χ3v) is 4.43. The minimum absolute atomic E-state index is 0.0559. The molecule has 6 heteroatoms. The van der Waals surface area contributed by atoms with Crippen LogP contribution in [0.15, 0.2) is 30.5 Å². The Morgan fingerprint density at radius 2 is 2.29 bits per heavy atom. The van der Waals surface area contributed by atoms with Crippen molar-refractivity contribution in [3.63, 3.8) is 0 Å². The summed E-state index contributed by atoms with van der Waals surface area (Å²) >= 11 is 0. The van der Waals surface area contributed by atoms with E-state index in [4.69, 9.17) is 0 Å². The summed E-state index contributed by atoms with van der Waals surface area (Å²) in [5.74, 6) is -0.452. The van der Waals surface area contributed by atoms with Gasteiger partial charge in [0.05, 0.1) is 18.8 Å². The van der Waals surface area contributed by atoms with Gasteiger partial charge in [-0.2, -0.15) is 0 Å². The van der Waals surface area contributed by atoms with Crippen LogP contribution in [0.25, 0.3) is 6.08 Å². The van der Waals surface area contributed by atoms with Gasteiger partial charge < -0.3 is 4.90 Å². The van der Waals surface area contributed by atoms with Crippen LogP contribution in [0.1, 0.15) is 41.4 Å². The lowest BCUT2D eigenvalue weighted by atomic mass is 10.1. The molecule has 126 valence electrons. The Morgan fingerprint density at radius 1 is 1.46 bits per heavy atom. The van der Waals surface area contributed by atoms with E-state index < -0.39 is 0 Å². The number of amides is 1. The first kappa shape index (κ1) is 16.4. The molecule has 0 radical (unpaired) electrons. The largest absolute Gasteiger partial charge is 0.334 e. The molecule has 0 N–H and O–H groups in total. The molecule has 1 aliphatic rings. The van der Waals surface area contributed by atoms with E-state index >= 15 is 0 Å². The predicted octanol–water partition coefficient (Wildman–Crippen LogP) is 3.06. The van der Waals surface area contributed by atoms with Gasteiger partial charge in [-0.25, -0.2) is 9.07 Å². The molecule has 0 bridgehead atoms. The molecule has 0 saturated carbocycles. The summed E-state index contributed by atoms with van der Waals surface area (Å²) in [5, 5.41) is 8.19. The lowest BCUT2D eigenvalue weighted by molar-refractivity contribution is 0.0720. The summed E-state index contributed by atoms with van der Waals surface area (Å²) in [7, 11) is 0. The Balaban J connectivity index is 1.77. The minimum atomic E-state index is -0.344. The molecule has 1 aliphatic heterocycles. The number of allylic oxidation sites excluding steroid dienone is 1. The van der Waals surface area contributed by atoms with Crippen LogP contribution in [0.5, 0.6) is 0 Å². The van der Waals surface area contributed by atoms with Crippen LogP contribution in [0, 0.1) is 12.7 Å². The van der Waals surface area contributed by atoms with Crippen molar-refractivity contribution in [1.29, 1.82) is 0 Å². The number of nitrogens with zero attached hydrogens (tertiary/aromatic N) is 4. The number of halogens is 1. The van der Waals surface area contributed by atoms with Crippen molar-refractivity contribution in [3.05, 3.63) is 53.1 Å². The Labute approximate surface area is 140 Å². The van der Waals surface area contributed by atoms with Crippen LogP contribution in [-0.4, -0.2) is 38.4 Å². The number of hydrogen-bond acceptors (Lipinski definition) is 3. The van der Waals surface area contributed by atoms with Crippen molar-refractivity contribution < 1.29 is 9.18 Å². The van der Waals surface area contributed by atoms with Crippen molar-refractivity contribution in [3.8, 4) is 0 Å². The molecule has 1 atom stereocenters. The minimum Gasteiger partial charge on any atom is -0.334 e. The highest BCUT2D eigenvalue weighted by molar-refractivity contribution is 5.96. The van der Waals surface area contributed by atoms with Gasteiger partial charge in [0.2, 0.25) is 0 Å². The quantitative estimate of drug-likeness (QED) is 0.867. The zero-order chi connectivity index (χ0) is 17.1. The molecule has 1 aromatic heterocycles. The fraction of sp³-hybridized carbons (Fsp3) is 0.389. The average molecular weight is 328 g/mol. The van der Waals surface area contributed by atoms with Crippen molar-refractivity contribution in [2.75, 3.05) is 6.54 Å². The number of rotatable bonds is 4. The second-order valence-electron chi connectivity index (χ2n) is 6.07. The number of carbonyl (C=O) groups is 1. The second kappa shape index (κ2) is 6.95. The molecule has 0 aliphatic carbocycles. The van der Waals surface area contributed by atoms with Gasteiger partial charge in [-0.3, -0.25) is 4.79 Å². The maximum Gasteiger partial charge on any atom is 0.254 e. The van der Waals surface area contributed by atoms with E-state index in [-0.39, 0.29) is 17.8 Å². The molecule has 2 aromatic rings. The summed E-state index contributed by atoms with van der Waals surface area (Å²) in [6.07, 6.45) is 7.53. The third-order valence-electron chi connectivity index (χ3n) is 4.43. The second-order valence-corrected chi connectivity index (χ2v) is 6.07. The molecular weight excluding hydrogens is 307 g/mol. The summed E-state index contributed by atoms with van der Waals surface area (Å²) < 4.78 is 15.5. The number of aromatic nitrogens is 3. The summed E-state index contributed by atoms with van der Waals surface area (Å²) in [5.41, 5.74) is 1.65. The molecule has 1 saturated heterocycles. The molecule has 2 heterocycles. The molecule has 1 aromatic carbocycles. The van der Waals surface area contributed by atoms with Crippen LogP contribution in [0.3, 0.4) is 0 Å². The first-order chi connectivity index (χ1) is 11.6. The molecule has 5 nitrogen and oxygen atoms in total. The van der Waals surface area contributed by atoms with Crippen molar-refractivity contribution in [2.24, 2.45) is 0 Å². The summed E-state index contributed by atoms with van der Waals surface area (Å²) in [6, 6.07) is 4.71. The lowest BCUT2D eigenvalue weighted by Crippen LogP contribution is -2.38. The topological polar surface area (TPSA) is 51.0 Å². The van der Waals surface area contributed by atoms with E-state index in [1.165, 1.54) is 6.07 Å². The van der Waals surface area contributed by atoms with Gasteiger partial charge in [0.15, 0.2) is 0 Å². The van der Waals surface area contributed by atoms with Crippen LogP contribution >= 0.6 is 0 Å². The van der Waals surface area contributed by atoms with Crippen molar-refractivity contribution in [1.82, 2.24) is 19.9 Å². The van der Waals surface area contributed by atoms with Crippen molar-refractivity contribution >= 4 is 12.0 Å². The Morgan fingerprint density at radius 3 is 3.08 bits per heavy atom. The highest BCUT2D eigenvalue weighted by Gasteiger charge is 2.31. The Bertz CT molecular complexity index is 768. The molecule has 24 heavy (non-hydrogen) atoms. The highest BCUT2D eigenvalue weighted by Crippen LogP contribution is 2.23. The summed E-state index contributed by atoms with van der Waals surface area (Å²) in [4.78, 5) is 14.7. The van der Waals surface area contributed by atoms with E-state index in [2.05, 4.69) is 10.3 Å². The number of likely N-dealkylation sites (tertiary alicyclic amines) is 1. The summed E-state index contributed by atoms with van der Waals surface area (Å²) in [6.45, 7) is 4.87. The van der Waals surface area contributed by atoms with E-state index in [9.17, 15) is 9.18 Å². The smallest absolute Gasteiger partial charge is 0.254 e. The van der Waals surface area contributed by atoms with Crippen LogP contribution in [0.2, 0.25) is 0 Å². The van der Waals surface area contributed by atoms with Gasteiger partial charge in [-0.05, 0) is 50.5 Å². The van der Waals surface area contributed by atoms with Crippen LogP contribution in [-0.2, 0) is 6.54 Å². The molecular formula is C18H21FN4O. The normalized spacial score (nSPS) is 17.8. The zero-order valence-electron chi connectivity index (χ0n) is 13.9. The number of hydrogen-bond donors (Lipinski definition) is 0. The van der Waals surface area contributed by atoms with Crippen LogP contribution in [0.4, 0.5) is 4.39 Å². The fourth-order valence-corrected chi connectivity index (χ4v) is 3.15. The van der Waals surface area contributed by atoms with E-state index in [1.54, 1.807) is 23.7 Å². The number of carbonyl (C=O) groups excluding carboxylic acids is 1. The first-order valence-corrected chi connectivity index (χ1v) is 8.19. The van der Waals surface area contributed by atoms with E-state index in [0.717, 1.165) is 18.5 Å². The maximum absolute atomic E-state index is 13.7. The molecule has 1 fully saturated rings. The lowest BCUT2D eigenvalue weighted by Gasteiger charge is -2.25. The van der Waals surface area contributed by atoms with Gasteiger partial charge in [-0.1, -0.05) is 17.4 Å². The molecule has 0 spiro atoms. The Hall–Kier alpha value is -2.50. The molecule has 3 rings (SSSR count). The van der Waals surface area contributed by atoms with E-state index in [1.807, 2.05) is 30.2 Å². The van der Waals surface area contributed by atoms with Gasteiger partial charge in [0, 0.05) is 12.1 Å². The molecule has 1 unspecified atom stereocenters. The standard InChI is InChI=1S/C18H21FN4O/c1-3-6-14-11-22(21-20-14)12-15-7-5-10-23(15)18(24)16-8-4-9-17(19)13(16)2/h3-4,6,8-9,11,15H,5,7,10,12H2,1-2H3/b6-3+.